The summed E-state index contributed by atoms with van der Waals surface area (Å²) in [5.41, 5.74) is 0.922. The highest BCUT2D eigenvalue weighted by Crippen LogP contribution is 2.23. The van der Waals surface area contributed by atoms with Gasteiger partial charge in [-0.3, -0.25) is 4.79 Å². The number of nitrogens with zero attached hydrogens (tertiary/aromatic N) is 1. The number of amides is 1. The second-order valence-electron chi connectivity index (χ2n) is 5.84. The predicted molar refractivity (Wildman–Crippen MR) is 91.9 cm³/mol. The first-order chi connectivity index (χ1) is 11.2. The molecule has 1 aliphatic rings. The zero-order valence-corrected chi connectivity index (χ0v) is 13.4. The van der Waals surface area contributed by atoms with Gasteiger partial charge in [-0.05, 0) is 56.2 Å². The van der Waals surface area contributed by atoms with Crippen LogP contribution >= 0.6 is 0 Å². The molecule has 1 atom stereocenters. The number of anilines is 1. The lowest BCUT2D eigenvalue weighted by molar-refractivity contribution is -0.130. The quantitative estimate of drug-likeness (QED) is 0.910. The van der Waals surface area contributed by atoms with Gasteiger partial charge in [0, 0.05) is 18.8 Å². The molecule has 0 saturated carbocycles. The van der Waals surface area contributed by atoms with Crippen LogP contribution in [0, 0.1) is 0 Å². The molecule has 120 valence electrons. The number of ether oxygens (including phenoxy) is 1. The van der Waals surface area contributed by atoms with E-state index in [4.69, 9.17) is 4.74 Å². The Balaban J connectivity index is 1.57. The van der Waals surface area contributed by atoms with Crippen molar-refractivity contribution >= 4 is 11.6 Å². The summed E-state index contributed by atoms with van der Waals surface area (Å²) in [5, 5.41) is 3.26. The maximum atomic E-state index is 12.3. The molecule has 4 nitrogen and oxygen atoms in total. The van der Waals surface area contributed by atoms with Crippen LogP contribution in [0.25, 0.3) is 0 Å². The van der Waals surface area contributed by atoms with Crippen molar-refractivity contribution in [3.8, 4) is 11.5 Å². The van der Waals surface area contributed by atoms with E-state index < -0.39 is 0 Å². The minimum Gasteiger partial charge on any atom is -0.457 e. The molecule has 1 N–H and O–H groups in total. The molecule has 1 fully saturated rings. The number of nitrogens with one attached hydrogen (secondary N) is 1. The highest BCUT2D eigenvalue weighted by molar-refractivity contribution is 5.84. The first kappa shape index (κ1) is 15.4. The number of rotatable bonds is 5. The maximum Gasteiger partial charge on any atom is 0.244 e. The van der Waals surface area contributed by atoms with Crippen LogP contribution in [-0.4, -0.2) is 29.9 Å². The highest BCUT2D eigenvalue weighted by Gasteiger charge is 2.22. The normalized spacial score (nSPS) is 15.3. The summed E-state index contributed by atoms with van der Waals surface area (Å²) in [4.78, 5) is 14.2. The van der Waals surface area contributed by atoms with Crippen molar-refractivity contribution in [1.82, 2.24) is 4.90 Å². The van der Waals surface area contributed by atoms with Crippen molar-refractivity contribution in [1.29, 1.82) is 0 Å². The van der Waals surface area contributed by atoms with Crippen LogP contribution in [0.5, 0.6) is 11.5 Å². The van der Waals surface area contributed by atoms with Gasteiger partial charge >= 0.3 is 0 Å². The number of carbonyl (C=O) groups excluding carboxylic acids is 1. The second-order valence-corrected chi connectivity index (χ2v) is 5.84. The van der Waals surface area contributed by atoms with Crippen LogP contribution < -0.4 is 10.1 Å². The average molecular weight is 310 g/mol. The van der Waals surface area contributed by atoms with E-state index in [0.29, 0.717) is 0 Å². The van der Waals surface area contributed by atoms with Crippen molar-refractivity contribution in [2.24, 2.45) is 0 Å². The minimum absolute atomic E-state index is 0.173. The van der Waals surface area contributed by atoms with E-state index >= 15 is 0 Å². The summed E-state index contributed by atoms with van der Waals surface area (Å²) in [7, 11) is 0. The van der Waals surface area contributed by atoms with Crippen molar-refractivity contribution < 1.29 is 9.53 Å². The number of benzene rings is 2. The Morgan fingerprint density at radius 3 is 2.26 bits per heavy atom. The number of hydrogen-bond donors (Lipinski definition) is 1. The standard InChI is InChI=1S/C19H22N2O2/c1-15(19(22)21-13-5-6-14-21)20-16-9-11-18(12-10-16)23-17-7-3-2-4-8-17/h2-4,7-12,15,20H,5-6,13-14H2,1H3/t15-/m1/s1. The zero-order valence-electron chi connectivity index (χ0n) is 13.4. The molecule has 1 heterocycles. The molecule has 0 radical (unpaired) electrons. The van der Waals surface area contributed by atoms with Crippen LogP contribution in [-0.2, 0) is 4.79 Å². The molecule has 1 aliphatic heterocycles. The predicted octanol–water partition coefficient (Wildman–Crippen LogP) is 3.90. The van der Waals surface area contributed by atoms with Crippen LogP contribution in [0.4, 0.5) is 5.69 Å². The first-order valence-electron chi connectivity index (χ1n) is 8.11. The van der Waals surface area contributed by atoms with E-state index in [1.807, 2.05) is 66.4 Å². The summed E-state index contributed by atoms with van der Waals surface area (Å²) >= 11 is 0. The number of carbonyl (C=O) groups is 1. The molecule has 1 amide bonds. The Labute approximate surface area is 137 Å². The lowest BCUT2D eigenvalue weighted by Crippen LogP contribution is -2.39. The Hall–Kier alpha value is -2.49. The summed E-state index contributed by atoms with van der Waals surface area (Å²) in [5.74, 6) is 1.76. The molecule has 0 unspecified atom stereocenters. The van der Waals surface area contributed by atoms with Gasteiger partial charge in [-0.2, -0.15) is 0 Å². The van der Waals surface area contributed by atoms with Crippen molar-refractivity contribution in [2.75, 3.05) is 18.4 Å². The number of likely N-dealkylation sites (tertiary alicyclic amines) is 1. The van der Waals surface area contributed by atoms with Crippen molar-refractivity contribution in [3.63, 3.8) is 0 Å². The SMILES string of the molecule is C[C@@H](Nc1ccc(Oc2ccccc2)cc1)C(=O)N1CCCC1. The van der Waals surface area contributed by atoms with Gasteiger partial charge in [0.2, 0.25) is 5.91 Å². The van der Waals surface area contributed by atoms with Gasteiger partial charge in [0.05, 0.1) is 0 Å². The molecule has 0 aliphatic carbocycles. The maximum absolute atomic E-state index is 12.3. The third kappa shape index (κ3) is 4.03. The molecule has 2 aromatic carbocycles. The van der Waals surface area contributed by atoms with Gasteiger partial charge < -0.3 is 15.0 Å². The first-order valence-corrected chi connectivity index (χ1v) is 8.11. The third-order valence-electron chi connectivity index (χ3n) is 4.00. The lowest BCUT2D eigenvalue weighted by atomic mass is 10.2. The Morgan fingerprint density at radius 1 is 1.00 bits per heavy atom. The fraction of sp³-hybridized carbons (Fsp3) is 0.316. The zero-order chi connectivity index (χ0) is 16.1. The fourth-order valence-corrected chi connectivity index (χ4v) is 2.77. The summed E-state index contributed by atoms with van der Waals surface area (Å²) in [6.45, 7) is 3.68. The lowest BCUT2D eigenvalue weighted by Gasteiger charge is -2.22. The van der Waals surface area contributed by atoms with Gasteiger partial charge in [0.15, 0.2) is 0 Å². The molecular formula is C19H22N2O2. The molecule has 0 spiro atoms. The molecule has 1 saturated heterocycles. The molecule has 3 rings (SSSR count). The molecule has 4 heteroatoms. The van der Waals surface area contributed by atoms with E-state index in [2.05, 4.69) is 5.32 Å². The third-order valence-corrected chi connectivity index (χ3v) is 4.00. The summed E-state index contributed by atoms with van der Waals surface area (Å²) in [6.07, 6.45) is 2.23. The molecule has 23 heavy (non-hydrogen) atoms. The van der Waals surface area contributed by atoms with E-state index in [1.165, 1.54) is 0 Å². The average Bonchev–Trinajstić information content (AvgIpc) is 3.11. The van der Waals surface area contributed by atoms with E-state index in [1.54, 1.807) is 0 Å². The topological polar surface area (TPSA) is 41.6 Å². The van der Waals surface area contributed by atoms with Crippen LogP contribution in [0.3, 0.4) is 0 Å². The Kier molecular flexibility index (Phi) is 4.81. The number of para-hydroxylation sites is 1. The Bertz CT molecular complexity index is 634. The van der Waals surface area contributed by atoms with Gasteiger partial charge in [-0.15, -0.1) is 0 Å². The van der Waals surface area contributed by atoms with Gasteiger partial charge in [-0.25, -0.2) is 0 Å². The molecule has 0 bridgehead atoms. The largest absolute Gasteiger partial charge is 0.457 e. The summed E-state index contributed by atoms with van der Waals surface area (Å²) in [6, 6.07) is 17.1. The van der Waals surface area contributed by atoms with Gasteiger partial charge in [0.1, 0.15) is 17.5 Å². The highest BCUT2D eigenvalue weighted by atomic mass is 16.5. The molecule has 0 aromatic heterocycles. The van der Waals surface area contributed by atoms with Crippen molar-refractivity contribution in [3.05, 3.63) is 54.6 Å². The molecular weight excluding hydrogens is 288 g/mol. The summed E-state index contributed by atoms with van der Waals surface area (Å²) < 4.78 is 5.76. The smallest absolute Gasteiger partial charge is 0.244 e. The molecule has 2 aromatic rings. The van der Waals surface area contributed by atoms with E-state index in [-0.39, 0.29) is 11.9 Å². The fourth-order valence-electron chi connectivity index (χ4n) is 2.77. The van der Waals surface area contributed by atoms with Crippen LogP contribution in [0.1, 0.15) is 19.8 Å². The monoisotopic (exact) mass is 310 g/mol. The van der Waals surface area contributed by atoms with Gasteiger partial charge in [0.25, 0.3) is 0 Å². The van der Waals surface area contributed by atoms with Gasteiger partial charge in [-0.1, -0.05) is 18.2 Å². The van der Waals surface area contributed by atoms with Crippen LogP contribution in [0.2, 0.25) is 0 Å². The van der Waals surface area contributed by atoms with Crippen molar-refractivity contribution in [2.45, 2.75) is 25.8 Å². The Morgan fingerprint density at radius 2 is 1.61 bits per heavy atom. The van der Waals surface area contributed by atoms with Crippen LogP contribution in [0.15, 0.2) is 54.6 Å². The second kappa shape index (κ2) is 7.18. The minimum atomic E-state index is -0.214. The van der Waals surface area contributed by atoms with E-state index in [9.17, 15) is 4.79 Å². The van der Waals surface area contributed by atoms with E-state index in [0.717, 1.165) is 43.1 Å². The number of hydrogen-bond acceptors (Lipinski definition) is 3.